The summed E-state index contributed by atoms with van der Waals surface area (Å²) in [5.74, 6) is 0. The van der Waals surface area contributed by atoms with Gasteiger partial charge < -0.3 is 4.74 Å². The monoisotopic (exact) mass is 242 g/mol. The van der Waals surface area contributed by atoms with Gasteiger partial charge in [0.25, 0.3) is 6.36 Å². The van der Waals surface area contributed by atoms with Crippen LogP contribution in [0.15, 0.2) is 0 Å². The largest absolute Gasteiger partial charge is 0.445 e. The maximum Gasteiger partial charge on any atom is 0.445 e. The molecule has 0 fully saturated rings. The van der Waals surface area contributed by atoms with Crippen molar-refractivity contribution >= 4 is 0 Å². The minimum Gasteiger partial charge on any atom is -0.382 e. The second kappa shape index (κ2) is 8.78. The van der Waals surface area contributed by atoms with Crippen molar-refractivity contribution in [2.45, 2.75) is 33.0 Å². The summed E-state index contributed by atoms with van der Waals surface area (Å²) in [6.45, 7) is 1.91. The molecule has 0 aromatic heterocycles. The molecule has 0 aromatic carbocycles. The molecule has 0 N–H and O–H groups in total. The molecular formula is C7H12F6O2. The van der Waals surface area contributed by atoms with Crippen LogP contribution < -0.4 is 0 Å². The Hall–Kier alpha value is -0.500. The van der Waals surface area contributed by atoms with Gasteiger partial charge >= 0.3 is 12.8 Å². The van der Waals surface area contributed by atoms with E-state index in [1.54, 1.807) is 0 Å². The SMILES string of the molecule is CCOCC.FC(F)OC(F)C(F)(F)F. The first kappa shape index (κ1) is 16.9. The van der Waals surface area contributed by atoms with E-state index < -0.39 is 19.1 Å². The topological polar surface area (TPSA) is 18.5 Å². The zero-order valence-electron chi connectivity index (χ0n) is 8.15. The highest BCUT2D eigenvalue weighted by molar-refractivity contribution is 4.52. The van der Waals surface area contributed by atoms with Crippen molar-refractivity contribution in [1.82, 2.24) is 0 Å². The van der Waals surface area contributed by atoms with Crippen LogP contribution in [0.4, 0.5) is 26.3 Å². The number of hydrogen-bond acceptors (Lipinski definition) is 2. The number of ether oxygens (including phenoxy) is 2. The Labute approximate surface area is 83.2 Å². The van der Waals surface area contributed by atoms with Gasteiger partial charge in [-0.05, 0) is 13.8 Å². The lowest BCUT2D eigenvalue weighted by Crippen LogP contribution is -2.28. The quantitative estimate of drug-likeness (QED) is 0.705. The van der Waals surface area contributed by atoms with Gasteiger partial charge in [0.15, 0.2) is 0 Å². The number of halogens is 6. The highest BCUT2D eigenvalue weighted by Crippen LogP contribution is 2.24. The first-order chi connectivity index (χ1) is 6.75. The Balaban J connectivity index is 0. The molecule has 0 aliphatic rings. The first-order valence-electron chi connectivity index (χ1n) is 3.97. The molecule has 2 nitrogen and oxygen atoms in total. The number of rotatable bonds is 4. The Morgan fingerprint density at radius 1 is 1.00 bits per heavy atom. The molecule has 0 heterocycles. The van der Waals surface area contributed by atoms with Crippen molar-refractivity contribution in [3.63, 3.8) is 0 Å². The first-order valence-corrected chi connectivity index (χ1v) is 3.97. The van der Waals surface area contributed by atoms with Crippen LogP contribution in [0.5, 0.6) is 0 Å². The summed E-state index contributed by atoms with van der Waals surface area (Å²) in [5, 5.41) is 0. The fourth-order valence-electron chi connectivity index (χ4n) is 0.372. The molecular weight excluding hydrogens is 230 g/mol. The van der Waals surface area contributed by atoms with Gasteiger partial charge in [-0.1, -0.05) is 0 Å². The lowest BCUT2D eigenvalue weighted by molar-refractivity contribution is -0.312. The average Bonchev–Trinajstić information content (AvgIpc) is 2.03. The molecule has 0 aliphatic carbocycles. The molecule has 0 aromatic rings. The molecule has 0 spiro atoms. The van der Waals surface area contributed by atoms with E-state index in [-0.39, 0.29) is 0 Å². The molecule has 0 rings (SSSR count). The third kappa shape index (κ3) is 13.5. The maximum absolute atomic E-state index is 11.3. The zero-order valence-corrected chi connectivity index (χ0v) is 8.15. The maximum atomic E-state index is 11.3. The minimum absolute atomic E-state index is 0.844. The summed E-state index contributed by atoms with van der Waals surface area (Å²) in [7, 11) is 0. The Morgan fingerprint density at radius 3 is 1.47 bits per heavy atom. The minimum atomic E-state index is -5.38. The van der Waals surface area contributed by atoms with Gasteiger partial charge in [0.05, 0.1) is 0 Å². The van der Waals surface area contributed by atoms with Crippen molar-refractivity contribution in [3.05, 3.63) is 0 Å². The molecule has 94 valence electrons. The fraction of sp³-hybridized carbons (Fsp3) is 1.00. The molecule has 15 heavy (non-hydrogen) atoms. The van der Waals surface area contributed by atoms with Crippen LogP contribution in [0.1, 0.15) is 13.8 Å². The van der Waals surface area contributed by atoms with Crippen LogP contribution >= 0.6 is 0 Å². The van der Waals surface area contributed by atoms with Crippen molar-refractivity contribution < 1.29 is 35.8 Å². The molecule has 0 amide bonds. The van der Waals surface area contributed by atoms with Crippen LogP contribution in [-0.2, 0) is 9.47 Å². The van der Waals surface area contributed by atoms with Crippen LogP contribution in [0, 0.1) is 0 Å². The predicted molar refractivity (Wildman–Crippen MR) is 40.2 cm³/mol. The predicted octanol–water partition coefficient (Wildman–Crippen LogP) is 3.13. The number of alkyl halides is 6. The summed E-state index contributed by atoms with van der Waals surface area (Å²) in [4.78, 5) is 0. The molecule has 1 atom stereocenters. The molecule has 0 bridgehead atoms. The molecule has 0 radical (unpaired) electrons. The summed E-state index contributed by atoms with van der Waals surface area (Å²) in [5.41, 5.74) is 0. The van der Waals surface area contributed by atoms with E-state index in [4.69, 9.17) is 4.74 Å². The summed E-state index contributed by atoms with van der Waals surface area (Å²) >= 11 is 0. The van der Waals surface area contributed by atoms with E-state index in [9.17, 15) is 26.3 Å². The van der Waals surface area contributed by atoms with Crippen molar-refractivity contribution in [2.24, 2.45) is 0 Å². The fourth-order valence-corrected chi connectivity index (χ4v) is 0.372. The molecule has 0 saturated carbocycles. The van der Waals surface area contributed by atoms with E-state index >= 15 is 0 Å². The number of hydrogen-bond donors (Lipinski definition) is 0. The standard InChI is InChI=1S/C4H10O.C3H2F6O/c1-3-5-4-2;4-1(3(7,8)9)10-2(5)6/h3-4H2,1-2H3;1-2H. The van der Waals surface area contributed by atoms with Crippen LogP contribution in [-0.4, -0.2) is 32.4 Å². The van der Waals surface area contributed by atoms with Crippen LogP contribution in [0.25, 0.3) is 0 Å². The normalized spacial score (nSPS) is 13.4. The highest BCUT2D eigenvalue weighted by Gasteiger charge is 2.43. The summed E-state index contributed by atoms with van der Waals surface area (Å²) in [6.07, 6.45) is -9.29. The molecule has 0 aliphatic heterocycles. The van der Waals surface area contributed by atoms with E-state index in [1.165, 1.54) is 0 Å². The molecule has 0 saturated heterocycles. The third-order valence-electron chi connectivity index (χ3n) is 0.888. The summed E-state index contributed by atoms with van der Waals surface area (Å²) < 4.78 is 73.3. The lowest BCUT2D eigenvalue weighted by Gasteiger charge is -2.11. The van der Waals surface area contributed by atoms with Crippen molar-refractivity contribution in [2.75, 3.05) is 13.2 Å². The van der Waals surface area contributed by atoms with Crippen LogP contribution in [0.2, 0.25) is 0 Å². The van der Waals surface area contributed by atoms with E-state index in [2.05, 4.69) is 4.74 Å². The van der Waals surface area contributed by atoms with Gasteiger partial charge in [0.2, 0.25) is 0 Å². The highest BCUT2D eigenvalue weighted by atomic mass is 19.4. The van der Waals surface area contributed by atoms with Gasteiger partial charge in [0, 0.05) is 13.2 Å². The van der Waals surface area contributed by atoms with Gasteiger partial charge in [-0.3, -0.25) is 4.74 Å². The van der Waals surface area contributed by atoms with E-state index in [0.29, 0.717) is 0 Å². The van der Waals surface area contributed by atoms with E-state index in [0.717, 1.165) is 13.2 Å². The van der Waals surface area contributed by atoms with Crippen molar-refractivity contribution in [1.29, 1.82) is 0 Å². The average molecular weight is 242 g/mol. The Kier molecular flexibility index (Phi) is 9.90. The Morgan fingerprint density at radius 2 is 1.40 bits per heavy atom. The summed E-state index contributed by atoms with van der Waals surface area (Å²) in [6, 6.07) is 0. The smallest absolute Gasteiger partial charge is 0.382 e. The third-order valence-corrected chi connectivity index (χ3v) is 0.888. The lowest BCUT2D eigenvalue weighted by atomic mass is 10.7. The van der Waals surface area contributed by atoms with Crippen molar-refractivity contribution in [3.8, 4) is 0 Å². The second-order valence-corrected chi connectivity index (χ2v) is 2.04. The van der Waals surface area contributed by atoms with Gasteiger partial charge in [-0.2, -0.15) is 22.0 Å². The zero-order chi connectivity index (χ0) is 12.5. The molecule has 1 unspecified atom stereocenters. The Bertz CT molecular complexity index is 136. The second-order valence-electron chi connectivity index (χ2n) is 2.04. The molecule has 8 heteroatoms. The van der Waals surface area contributed by atoms with Gasteiger partial charge in [-0.15, -0.1) is 0 Å². The van der Waals surface area contributed by atoms with Gasteiger partial charge in [-0.25, -0.2) is 4.39 Å². The van der Waals surface area contributed by atoms with Crippen LogP contribution in [0.3, 0.4) is 0 Å². The van der Waals surface area contributed by atoms with Gasteiger partial charge in [0.1, 0.15) is 0 Å². The van der Waals surface area contributed by atoms with E-state index in [1.807, 2.05) is 13.8 Å².